The third kappa shape index (κ3) is 5.50. The fourth-order valence-corrected chi connectivity index (χ4v) is 6.72. The molecule has 2 heterocycles. The molecule has 2 aromatic heterocycles. The van der Waals surface area contributed by atoms with Crippen LogP contribution < -0.4 is 0 Å². The van der Waals surface area contributed by atoms with Crippen molar-refractivity contribution in [2.75, 3.05) is 0 Å². The van der Waals surface area contributed by atoms with E-state index in [9.17, 15) is 0 Å². The summed E-state index contributed by atoms with van der Waals surface area (Å²) in [7, 11) is -0.0841. The van der Waals surface area contributed by atoms with E-state index in [-0.39, 0.29) is 8.90 Å². The lowest BCUT2D eigenvalue weighted by atomic mass is 10.0. The van der Waals surface area contributed by atoms with Crippen LogP contribution in [0.3, 0.4) is 0 Å². The van der Waals surface area contributed by atoms with E-state index < -0.39 is 0 Å². The molecule has 5 heteroatoms. The maximum atomic E-state index is 5.00. The van der Waals surface area contributed by atoms with Crippen molar-refractivity contribution in [3.8, 4) is 0 Å². The number of fused-ring (bicyclic) bond motifs is 1. The predicted molar refractivity (Wildman–Crippen MR) is 110 cm³/mol. The average Bonchev–Trinajstić information content (AvgIpc) is 2.82. The van der Waals surface area contributed by atoms with Gasteiger partial charge in [0.2, 0.25) is 0 Å². The van der Waals surface area contributed by atoms with Crippen LogP contribution in [0.4, 0.5) is 0 Å². The van der Waals surface area contributed by atoms with Gasteiger partial charge in [-0.25, -0.2) is 4.98 Å². The van der Waals surface area contributed by atoms with E-state index in [0.29, 0.717) is 0 Å². The highest BCUT2D eigenvalue weighted by molar-refractivity contribution is 9.34. The molecule has 1 atom stereocenters. The molecule has 0 saturated heterocycles. The number of aryl methyl sites for hydroxylation is 2. The van der Waals surface area contributed by atoms with Crippen LogP contribution in [0.5, 0.6) is 0 Å². The van der Waals surface area contributed by atoms with E-state index in [2.05, 4.69) is 50.0 Å². The van der Waals surface area contributed by atoms with Crippen LogP contribution >= 0.6 is 39.6 Å². The Morgan fingerprint density at radius 3 is 2.00 bits per heavy atom. The second-order valence-corrected chi connectivity index (χ2v) is 10.3. The van der Waals surface area contributed by atoms with Crippen LogP contribution in [-0.2, 0) is 12.8 Å². The molecule has 23 heavy (non-hydrogen) atoms. The molecule has 2 nitrogen and oxygen atoms in total. The van der Waals surface area contributed by atoms with Crippen molar-refractivity contribution < 1.29 is 0 Å². The third-order valence-electron chi connectivity index (χ3n) is 4.17. The van der Waals surface area contributed by atoms with E-state index in [0.717, 1.165) is 27.7 Å². The van der Waals surface area contributed by atoms with Crippen LogP contribution in [0, 0.1) is 0 Å². The SMILES string of the molecule is CCCCCCc1nc2c(Br)c[s+](Br)c2nc1CCCCCC. The minimum atomic E-state index is -0.0841. The number of rotatable bonds is 10. The van der Waals surface area contributed by atoms with Crippen molar-refractivity contribution in [1.82, 2.24) is 9.97 Å². The zero-order valence-corrected chi connectivity index (χ0v) is 18.2. The Morgan fingerprint density at radius 2 is 1.43 bits per heavy atom. The Hall–Kier alpha value is -0.000000000000000167. The second-order valence-electron chi connectivity index (χ2n) is 6.14. The van der Waals surface area contributed by atoms with E-state index in [1.54, 1.807) is 0 Å². The van der Waals surface area contributed by atoms with Gasteiger partial charge in [0.15, 0.2) is 10.9 Å². The number of aromatic nitrogens is 2. The number of unbranched alkanes of at least 4 members (excludes halogenated alkanes) is 6. The monoisotopic (exact) mass is 461 g/mol. The Balaban J connectivity index is 2.18. The van der Waals surface area contributed by atoms with Gasteiger partial charge in [0.1, 0.15) is 4.47 Å². The van der Waals surface area contributed by atoms with E-state index in [4.69, 9.17) is 9.97 Å². The van der Waals surface area contributed by atoms with Gasteiger partial charge in [-0.3, -0.25) is 0 Å². The van der Waals surface area contributed by atoms with Crippen molar-refractivity contribution in [3.05, 3.63) is 21.2 Å². The van der Waals surface area contributed by atoms with Gasteiger partial charge in [-0.2, -0.15) is 4.98 Å². The van der Waals surface area contributed by atoms with Crippen LogP contribution in [0.25, 0.3) is 10.3 Å². The van der Waals surface area contributed by atoms with Crippen molar-refractivity contribution in [1.29, 1.82) is 0 Å². The number of halogens is 2. The maximum absolute atomic E-state index is 5.00. The van der Waals surface area contributed by atoms with E-state index >= 15 is 0 Å². The molecule has 2 rings (SSSR count). The molecule has 0 radical (unpaired) electrons. The number of thiophene rings is 1. The molecule has 0 aliphatic heterocycles. The van der Waals surface area contributed by atoms with Gasteiger partial charge in [-0.15, -0.1) is 0 Å². The molecule has 0 saturated carbocycles. The molecule has 0 aromatic carbocycles. The van der Waals surface area contributed by atoms with Gasteiger partial charge >= 0.3 is 4.83 Å². The largest absolute Gasteiger partial charge is 0.305 e. The van der Waals surface area contributed by atoms with Crippen molar-refractivity contribution >= 4 is 50.0 Å². The minimum Gasteiger partial charge on any atom is -0.243 e. The molecule has 0 aliphatic rings. The fraction of sp³-hybridized carbons (Fsp3) is 0.667. The number of hydrogen-bond donors (Lipinski definition) is 0. The highest BCUT2D eigenvalue weighted by Gasteiger charge is 2.21. The molecular weight excluding hydrogens is 436 g/mol. The second kappa shape index (κ2) is 10.1. The topological polar surface area (TPSA) is 25.8 Å². The Kier molecular flexibility index (Phi) is 8.48. The summed E-state index contributed by atoms with van der Waals surface area (Å²) in [5.41, 5.74) is 3.52. The molecule has 2 aromatic rings. The summed E-state index contributed by atoms with van der Waals surface area (Å²) in [5.74, 6) is 0. The fourth-order valence-electron chi connectivity index (χ4n) is 2.82. The molecule has 1 unspecified atom stereocenters. The van der Waals surface area contributed by atoms with Crippen LogP contribution in [0.2, 0.25) is 0 Å². The first-order chi connectivity index (χ1) is 11.2. The van der Waals surface area contributed by atoms with Gasteiger partial charge in [0, 0.05) is 0 Å². The Morgan fingerprint density at radius 1 is 0.870 bits per heavy atom. The standard InChI is InChI=1S/C18H27Br2N2S/c1-3-5-7-9-11-15-16(12-10-8-6-4-2)22-18-17(21-15)14(19)13-23(18)20/h13H,3-12H2,1-2H3/q+1. The third-order valence-corrected chi connectivity index (χ3v) is 7.66. The van der Waals surface area contributed by atoms with Crippen LogP contribution in [0.1, 0.15) is 76.6 Å². The van der Waals surface area contributed by atoms with Gasteiger partial charge in [0.05, 0.1) is 20.3 Å². The predicted octanol–water partition coefficient (Wildman–Crippen LogP) is 7.55. The summed E-state index contributed by atoms with van der Waals surface area (Å²) in [5, 5.41) is 2.17. The number of nitrogens with zero attached hydrogens (tertiary/aromatic N) is 2. The molecule has 0 fully saturated rings. The smallest absolute Gasteiger partial charge is 0.243 e. The highest BCUT2D eigenvalue weighted by atomic mass is 79.9. The Bertz CT molecular complexity index is 573. The Labute approximate surface area is 158 Å². The van der Waals surface area contributed by atoms with E-state index in [1.807, 2.05) is 0 Å². The molecule has 0 aliphatic carbocycles. The van der Waals surface area contributed by atoms with Gasteiger partial charge in [-0.1, -0.05) is 52.4 Å². The summed E-state index contributed by atoms with van der Waals surface area (Å²) in [6.07, 6.45) is 12.4. The number of hydrogen-bond acceptors (Lipinski definition) is 2. The zero-order chi connectivity index (χ0) is 16.7. The minimum absolute atomic E-state index is 0.0841. The molecule has 0 amide bonds. The van der Waals surface area contributed by atoms with E-state index in [1.165, 1.54) is 62.8 Å². The molecule has 0 N–H and O–H groups in total. The van der Waals surface area contributed by atoms with Gasteiger partial charge < -0.3 is 0 Å². The average molecular weight is 463 g/mol. The van der Waals surface area contributed by atoms with Crippen molar-refractivity contribution in [2.24, 2.45) is 0 Å². The molecule has 0 spiro atoms. The van der Waals surface area contributed by atoms with Crippen molar-refractivity contribution in [2.45, 2.75) is 78.1 Å². The lowest BCUT2D eigenvalue weighted by Gasteiger charge is -2.07. The maximum Gasteiger partial charge on any atom is 0.305 e. The summed E-state index contributed by atoms with van der Waals surface area (Å²) in [6, 6.07) is 0. The normalized spacial score (nSPS) is 12.3. The lowest BCUT2D eigenvalue weighted by Crippen LogP contribution is -2.02. The summed E-state index contributed by atoms with van der Waals surface area (Å²) < 4.78 is 1.09. The van der Waals surface area contributed by atoms with Crippen molar-refractivity contribution in [3.63, 3.8) is 0 Å². The quantitative estimate of drug-likeness (QED) is 0.269. The summed E-state index contributed by atoms with van der Waals surface area (Å²) >= 11 is 7.36. The van der Waals surface area contributed by atoms with Gasteiger partial charge in [-0.05, 0) is 41.6 Å². The first-order valence-corrected chi connectivity index (χ1v) is 12.8. The zero-order valence-electron chi connectivity index (χ0n) is 14.2. The molecule has 0 bridgehead atoms. The first-order valence-electron chi connectivity index (χ1n) is 8.84. The van der Waals surface area contributed by atoms with Gasteiger partial charge in [0.25, 0.3) is 14.8 Å². The summed E-state index contributed by atoms with van der Waals surface area (Å²) in [6.45, 7) is 4.52. The summed E-state index contributed by atoms with van der Waals surface area (Å²) in [4.78, 5) is 11.1. The molecule has 128 valence electrons. The molecular formula is C18H27Br2N2S+. The van der Waals surface area contributed by atoms with Crippen LogP contribution in [0.15, 0.2) is 9.85 Å². The van der Waals surface area contributed by atoms with Crippen LogP contribution in [-0.4, -0.2) is 9.97 Å². The highest BCUT2D eigenvalue weighted by Crippen LogP contribution is 2.40. The lowest BCUT2D eigenvalue weighted by molar-refractivity contribution is 0.639. The first kappa shape index (κ1) is 19.3.